The molecule has 0 bridgehead atoms. The number of hydrogen-bond donors (Lipinski definition) is 1. The molecule has 0 saturated heterocycles. The lowest BCUT2D eigenvalue weighted by atomic mass is 10.1. The molecule has 1 N–H and O–H groups in total. The number of nitrogens with one attached hydrogen (secondary N) is 1. The molecule has 0 aromatic heterocycles. The normalized spacial score (nSPS) is 12.0. The van der Waals surface area contributed by atoms with E-state index in [4.69, 9.17) is 0 Å². The van der Waals surface area contributed by atoms with Gasteiger partial charge in [0.1, 0.15) is 0 Å². The minimum atomic E-state index is 0.403. The quantitative estimate of drug-likeness (QED) is 0.518. The van der Waals surface area contributed by atoms with Crippen molar-refractivity contribution in [3.05, 3.63) is 61.2 Å². The molecule has 1 aromatic carbocycles. The highest BCUT2D eigenvalue weighted by molar-refractivity contribution is 5.15. The maximum atomic E-state index is 3.86. The molecule has 1 rings (SSSR count). The van der Waals surface area contributed by atoms with Gasteiger partial charge in [0.05, 0.1) is 0 Å². The first-order chi connectivity index (χ1) is 7.86. The van der Waals surface area contributed by atoms with Gasteiger partial charge in [-0.3, -0.25) is 0 Å². The van der Waals surface area contributed by atoms with Gasteiger partial charge in [0.25, 0.3) is 0 Å². The van der Waals surface area contributed by atoms with E-state index in [-0.39, 0.29) is 0 Å². The van der Waals surface area contributed by atoms with Gasteiger partial charge < -0.3 is 5.32 Å². The van der Waals surface area contributed by atoms with Crippen molar-refractivity contribution in [3.63, 3.8) is 0 Å². The van der Waals surface area contributed by atoms with Crippen molar-refractivity contribution in [3.8, 4) is 0 Å². The minimum Gasteiger partial charge on any atom is -0.310 e. The van der Waals surface area contributed by atoms with Crippen LogP contribution in [0.4, 0.5) is 0 Å². The van der Waals surface area contributed by atoms with Crippen molar-refractivity contribution < 1.29 is 0 Å². The standard InChI is InChI=1S/C15H21N/c1-3-5-13-16-15(4-2)12-11-14-9-7-6-8-10-14/h3-4,6-10,15-16H,1-2,5,11-13H2/t15-/m0/s1. The molecule has 0 heterocycles. The summed E-state index contributed by atoms with van der Waals surface area (Å²) in [5, 5.41) is 3.45. The van der Waals surface area contributed by atoms with Crippen LogP contribution in [-0.2, 0) is 6.42 Å². The van der Waals surface area contributed by atoms with Crippen molar-refractivity contribution in [2.75, 3.05) is 6.54 Å². The lowest BCUT2D eigenvalue weighted by Gasteiger charge is -2.13. The Balaban J connectivity index is 2.28. The van der Waals surface area contributed by atoms with E-state index in [0.29, 0.717) is 6.04 Å². The molecule has 1 aromatic rings. The van der Waals surface area contributed by atoms with Crippen molar-refractivity contribution in [1.82, 2.24) is 5.32 Å². The summed E-state index contributed by atoms with van der Waals surface area (Å²) in [6.07, 6.45) is 7.13. The largest absolute Gasteiger partial charge is 0.310 e. The van der Waals surface area contributed by atoms with E-state index in [1.165, 1.54) is 5.56 Å². The summed E-state index contributed by atoms with van der Waals surface area (Å²) in [6.45, 7) is 8.56. The molecule has 1 nitrogen and oxygen atoms in total. The molecule has 86 valence electrons. The topological polar surface area (TPSA) is 12.0 Å². The average Bonchev–Trinajstić information content (AvgIpc) is 2.35. The van der Waals surface area contributed by atoms with Crippen LogP contribution < -0.4 is 5.32 Å². The highest BCUT2D eigenvalue weighted by Gasteiger charge is 2.02. The van der Waals surface area contributed by atoms with E-state index < -0.39 is 0 Å². The minimum absolute atomic E-state index is 0.403. The van der Waals surface area contributed by atoms with Gasteiger partial charge in [0.15, 0.2) is 0 Å². The summed E-state index contributed by atoms with van der Waals surface area (Å²) in [5.41, 5.74) is 1.39. The Bertz CT molecular complexity index is 302. The van der Waals surface area contributed by atoms with Gasteiger partial charge in [-0.15, -0.1) is 13.2 Å². The third-order valence-electron chi connectivity index (χ3n) is 2.63. The second kappa shape index (κ2) is 7.89. The van der Waals surface area contributed by atoms with Crippen LogP contribution in [0.15, 0.2) is 55.6 Å². The van der Waals surface area contributed by atoms with Crippen LogP contribution in [0.2, 0.25) is 0 Å². The monoisotopic (exact) mass is 215 g/mol. The third-order valence-corrected chi connectivity index (χ3v) is 2.63. The predicted molar refractivity (Wildman–Crippen MR) is 71.6 cm³/mol. The van der Waals surface area contributed by atoms with Gasteiger partial charge in [0, 0.05) is 6.04 Å². The third kappa shape index (κ3) is 4.94. The molecular formula is C15H21N. The number of rotatable bonds is 8. The maximum absolute atomic E-state index is 3.86. The van der Waals surface area contributed by atoms with E-state index in [1.807, 2.05) is 12.2 Å². The zero-order chi connectivity index (χ0) is 11.6. The van der Waals surface area contributed by atoms with Gasteiger partial charge >= 0.3 is 0 Å². The van der Waals surface area contributed by atoms with Crippen LogP contribution in [0.3, 0.4) is 0 Å². The Kier molecular flexibility index (Phi) is 6.28. The Morgan fingerprint density at radius 2 is 1.94 bits per heavy atom. The smallest absolute Gasteiger partial charge is 0.0250 e. The fourth-order valence-electron chi connectivity index (χ4n) is 1.64. The molecule has 0 spiro atoms. The number of hydrogen-bond acceptors (Lipinski definition) is 1. The predicted octanol–water partition coefficient (Wildman–Crippen LogP) is 3.34. The highest BCUT2D eigenvalue weighted by atomic mass is 14.9. The summed E-state index contributed by atoms with van der Waals surface area (Å²) in [5.74, 6) is 0. The zero-order valence-electron chi connectivity index (χ0n) is 9.86. The fraction of sp³-hybridized carbons (Fsp3) is 0.333. The molecule has 0 fully saturated rings. The molecule has 0 saturated carbocycles. The lowest BCUT2D eigenvalue weighted by molar-refractivity contribution is 0.562. The highest BCUT2D eigenvalue weighted by Crippen LogP contribution is 2.05. The summed E-state index contributed by atoms with van der Waals surface area (Å²) in [6, 6.07) is 11.0. The van der Waals surface area contributed by atoms with E-state index in [9.17, 15) is 0 Å². The molecule has 0 aliphatic heterocycles. The van der Waals surface area contributed by atoms with Crippen molar-refractivity contribution in [2.24, 2.45) is 0 Å². The molecule has 0 amide bonds. The summed E-state index contributed by atoms with van der Waals surface area (Å²) < 4.78 is 0. The lowest BCUT2D eigenvalue weighted by Crippen LogP contribution is -2.28. The van der Waals surface area contributed by atoms with E-state index in [1.54, 1.807) is 0 Å². The number of benzene rings is 1. The van der Waals surface area contributed by atoms with Crippen LogP contribution in [0.5, 0.6) is 0 Å². The van der Waals surface area contributed by atoms with Crippen molar-refractivity contribution in [1.29, 1.82) is 0 Å². The first-order valence-corrected chi connectivity index (χ1v) is 5.87. The first kappa shape index (κ1) is 12.7. The van der Waals surface area contributed by atoms with Crippen LogP contribution in [0.25, 0.3) is 0 Å². The first-order valence-electron chi connectivity index (χ1n) is 5.87. The fourth-order valence-corrected chi connectivity index (χ4v) is 1.64. The zero-order valence-corrected chi connectivity index (χ0v) is 9.86. The summed E-state index contributed by atoms with van der Waals surface area (Å²) >= 11 is 0. The SMILES string of the molecule is C=CCCN[C@@H](C=C)CCc1ccccc1. The Morgan fingerprint density at radius 1 is 1.19 bits per heavy atom. The van der Waals surface area contributed by atoms with Gasteiger partial charge in [0.2, 0.25) is 0 Å². The van der Waals surface area contributed by atoms with E-state index in [0.717, 1.165) is 25.8 Å². The maximum Gasteiger partial charge on any atom is 0.0250 e. The van der Waals surface area contributed by atoms with Gasteiger partial charge in [-0.05, 0) is 31.4 Å². The molecule has 1 atom stereocenters. The summed E-state index contributed by atoms with van der Waals surface area (Å²) in [7, 11) is 0. The molecule has 0 aliphatic rings. The molecule has 0 aliphatic carbocycles. The van der Waals surface area contributed by atoms with Crippen LogP contribution >= 0.6 is 0 Å². The van der Waals surface area contributed by atoms with Crippen LogP contribution in [0.1, 0.15) is 18.4 Å². The molecule has 0 radical (unpaired) electrons. The summed E-state index contributed by atoms with van der Waals surface area (Å²) in [4.78, 5) is 0. The van der Waals surface area contributed by atoms with Crippen LogP contribution in [-0.4, -0.2) is 12.6 Å². The van der Waals surface area contributed by atoms with E-state index in [2.05, 4.69) is 48.8 Å². The Morgan fingerprint density at radius 3 is 2.56 bits per heavy atom. The average molecular weight is 215 g/mol. The molecule has 16 heavy (non-hydrogen) atoms. The second-order valence-corrected chi connectivity index (χ2v) is 3.90. The van der Waals surface area contributed by atoms with Crippen LogP contribution in [0, 0.1) is 0 Å². The molecule has 0 unspecified atom stereocenters. The van der Waals surface area contributed by atoms with Gasteiger partial charge in [-0.25, -0.2) is 0 Å². The van der Waals surface area contributed by atoms with Crippen molar-refractivity contribution in [2.45, 2.75) is 25.3 Å². The van der Waals surface area contributed by atoms with Gasteiger partial charge in [-0.2, -0.15) is 0 Å². The number of aryl methyl sites for hydroxylation is 1. The van der Waals surface area contributed by atoms with Crippen molar-refractivity contribution >= 4 is 0 Å². The Hall–Kier alpha value is -1.34. The Labute approximate surface area is 98.9 Å². The van der Waals surface area contributed by atoms with E-state index >= 15 is 0 Å². The molecule has 1 heteroatoms. The molecular weight excluding hydrogens is 194 g/mol. The second-order valence-electron chi connectivity index (χ2n) is 3.90. The van der Waals surface area contributed by atoms with Gasteiger partial charge in [-0.1, -0.05) is 42.5 Å².